The molecule has 0 bridgehead atoms. The van der Waals surface area contributed by atoms with E-state index in [9.17, 15) is 4.79 Å². The van der Waals surface area contributed by atoms with Crippen LogP contribution in [-0.2, 0) is 9.53 Å². The van der Waals surface area contributed by atoms with Crippen LogP contribution in [0, 0.1) is 0 Å². The predicted octanol–water partition coefficient (Wildman–Crippen LogP) is 1.01. The van der Waals surface area contributed by atoms with Crippen LogP contribution in [0.4, 0.5) is 0 Å². The monoisotopic (exact) mass is 228 g/mol. The second-order valence-corrected chi connectivity index (χ2v) is 4.49. The Morgan fingerprint density at radius 1 is 1.62 bits per heavy atom. The molecule has 0 amide bonds. The van der Waals surface area contributed by atoms with Gasteiger partial charge in [-0.1, -0.05) is 6.92 Å². The molecule has 2 unspecified atom stereocenters. The number of nitrogens with one attached hydrogen (secondary N) is 1. The fraction of sp³-hybridized carbons (Fsp3) is 0.917. The number of hydrogen-bond donors (Lipinski definition) is 1. The highest BCUT2D eigenvalue weighted by Crippen LogP contribution is 2.10. The summed E-state index contributed by atoms with van der Waals surface area (Å²) < 4.78 is 4.80. The van der Waals surface area contributed by atoms with E-state index in [4.69, 9.17) is 4.74 Å². The summed E-state index contributed by atoms with van der Waals surface area (Å²) in [5.41, 5.74) is 0. The normalized spacial score (nSPS) is 22.4. The molecule has 1 N–H and O–H groups in total. The first kappa shape index (κ1) is 13.5. The molecule has 0 aromatic rings. The van der Waals surface area contributed by atoms with Gasteiger partial charge in [-0.05, 0) is 39.3 Å². The topological polar surface area (TPSA) is 41.6 Å². The lowest BCUT2D eigenvalue weighted by molar-refractivity contribution is -0.146. The fourth-order valence-electron chi connectivity index (χ4n) is 2.25. The number of hydrogen-bond acceptors (Lipinski definition) is 4. The van der Waals surface area contributed by atoms with Crippen LogP contribution >= 0.6 is 0 Å². The van der Waals surface area contributed by atoms with Gasteiger partial charge < -0.3 is 10.1 Å². The first-order valence-corrected chi connectivity index (χ1v) is 6.24. The molecule has 1 rings (SSSR count). The second-order valence-electron chi connectivity index (χ2n) is 4.49. The van der Waals surface area contributed by atoms with Crippen LogP contribution in [0.25, 0.3) is 0 Å². The number of methoxy groups -OCH3 is 1. The van der Waals surface area contributed by atoms with Gasteiger partial charge >= 0.3 is 5.97 Å². The minimum absolute atomic E-state index is 0.132. The van der Waals surface area contributed by atoms with Gasteiger partial charge in [-0.2, -0.15) is 0 Å². The first-order valence-electron chi connectivity index (χ1n) is 6.24. The summed E-state index contributed by atoms with van der Waals surface area (Å²) in [5, 5.41) is 3.46. The smallest absolute Gasteiger partial charge is 0.322 e. The summed E-state index contributed by atoms with van der Waals surface area (Å²) in [6, 6.07) is 0.408. The van der Waals surface area contributed by atoms with Gasteiger partial charge in [0.2, 0.25) is 0 Å². The third-order valence-corrected chi connectivity index (χ3v) is 3.22. The Labute approximate surface area is 98.3 Å². The van der Waals surface area contributed by atoms with Crippen molar-refractivity contribution >= 4 is 5.97 Å². The standard InChI is InChI=1S/C12H24N2O2/c1-4-8-14(10(2)12(15)16-3)9-11-6-5-7-13-11/h10-11,13H,4-9H2,1-3H3. The molecule has 0 aromatic heterocycles. The van der Waals surface area contributed by atoms with E-state index in [2.05, 4.69) is 17.1 Å². The Hall–Kier alpha value is -0.610. The van der Waals surface area contributed by atoms with Crippen molar-refractivity contribution in [2.75, 3.05) is 26.7 Å². The van der Waals surface area contributed by atoms with Crippen molar-refractivity contribution in [2.24, 2.45) is 0 Å². The molecule has 4 nitrogen and oxygen atoms in total. The molecule has 0 aromatic carbocycles. The van der Waals surface area contributed by atoms with E-state index in [0.717, 1.165) is 26.1 Å². The van der Waals surface area contributed by atoms with Gasteiger partial charge in [-0.3, -0.25) is 9.69 Å². The summed E-state index contributed by atoms with van der Waals surface area (Å²) >= 11 is 0. The lowest BCUT2D eigenvalue weighted by Crippen LogP contribution is -2.46. The third-order valence-electron chi connectivity index (χ3n) is 3.22. The largest absolute Gasteiger partial charge is 0.468 e. The van der Waals surface area contributed by atoms with Gasteiger partial charge in [0.1, 0.15) is 6.04 Å². The number of carbonyl (C=O) groups excluding carboxylic acids is 1. The predicted molar refractivity (Wildman–Crippen MR) is 64.4 cm³/mol. The Bertz CT molecular complexity index is 215. The molecule has 1 saturated heterocycles. The second kappa shape index (κ2) is 6.86. The number of nitrogens with zero attached hydrogens (tertiary/aromatic N) is 1. The third kappa shape index (κ3) is 3.76. The summed E-state index contributed by atoms with van der Waals surface area (Å²) in [6.45, 7) is 7.07. The molecule has 1 fully saturated rings. The lowest BCUT2D eigenvalue weighted by atomic mass is 10.1. The zero-order valence-electron chi connectivity index (χ0n) is 10.7. The Balaban J connectivity index is 2.47. The van der Waals surface area contributed by atoms with E-state index in [1.54, 1.807) is 0 Å². The average Bonchev–Trinajstić information content (AvgIpc) is 2.79. The quantitative estimate of drug-likeness (QED) is 0.689. The Morgan fingerprint density at radius 2 is 2.38 bits per heavy atom. The molecule has 1 aliphatic rings. The van der Waals surface area contributed by atoms with Crippen molar-refractivity contribution in [1.29, 1.82) is 0 Å². The van der Waals surface area contributed by atoms with Crippen molar-refractivity contribution in [1.82, 2.24) is 10.2 Å². The van der Waals surface area contributed by atoms with Crippen molar-refractivity contribution in [3.8, 4) is 0 Å². The summed E-state index contributed by atoms with van der Waals surface area (Å²) in [4.78, 5) is 13.7. The highest BCUT2D eigenvalue weighted by atomic mass is 16.5. The fourth-order valence-corrected chi connectivity index (χ4v) is 2.25. The van der Waals surface area contributed by atoms with Gasteiger partial charge in [-0.15, -0.1) is 0 Å². The number of ether oxygens (including phenoxy) is 1. The van der Waals surface area contributed by atoms with Crippen LogP contribution in [0.2, 0.25) is 0 Å². The van der Waals surface area contributed by atoms with E-state index >= 15 is 0 Å². The van der Waals surface area contributed by atoms with Crippen LogP contribution in [0.3, 0.4) is 0 Å². The van der Waals surface area contributed by atoms with Gasteiger partial charge in [0, 0.05) is 12.6 Å². The zero-order chi connectivity index (χ0) is 12.0. The first-order chi connectivity index (χ1) is 7.69. The van der Waals surface area contributed by atoms with E-state index in [-0.39, 0.29) is 12.0 Å². The van der Waals surface area contributed by atoms with E-state index in [1.165, 1.54) is 20.0 Å². The molecule has 2 atom stereocenters. The Kier molecular flexibility index (Phi) is 5.77. The molecular formula is C12H24N2O2. The maximum absolute atomic E-state index is 11.5. The highest BCUT2D eigenvalue weighted by Gasteiger charge is 2.25. The van der Waals surface area contributed by atoms with Crippen LogP contribution in [0.1, 0.15) is 33.1 Å². The van der Waals surface area contributed by atoms with Gasteiger partial charge in [-0.25, -0.2) is 0 Å². The minimum Gasteiger partial charge on any atom is -0.468 e. The van der Waals surface area contributed by atoms with Crippen molar-refractivity contribution in [3.63, 3.8) is 0 Å². The zero-order valence-corrected chi connectivity index (χ0v) is 10.7. The lowest BCUT2D eigenvalue weighted by Gasteiger charge is -2.29. The molecule has 0 saturated carbocycles. The Morgan fingerprint density at radius 3 is 2.88 bits per heavy atom. The molecule has 0 aliphatic carbocycles. The molecule has 94 valence electrons. The average molecular weight is 228 g/mol. The summed E-state index contributed by atoms with van der Waals surface area (Å²) in [7, 11) is 1.46. The molecule has 4 heteroatoms. The molecule has 1 aliphatic heterocycles. The minimum atomic E-state index is -0.133. The van der Waals surface area contributed by atoms with Crippen molar-refractivity contribution in [3.05, 3.63) is 0 Å². The van der Waals surface area contributed by atoms with Crippen LogP contribution in [0.15, 0.2) is 0 Å². The van der Waals surface area contributed by atoms with E-state index < -0.39 is 0 Å². The number of carbonyl (C=O) groups is 1. The number of rotatable bonds is 6. The molecule has 0 radical (unpaired) electrons. The molecular weight excluding hydrogens is 204 g/mol. The van der Waals surface area contributed by atoms with Gasteiger partial charge in [0.25, 0.3) is 0 Å². The van der Waals surface area contributed by atoms with Crippen molar-refractivity contribution in [2.45, 2.75) is 45.2 Å². The van der Waals surface area contributed by atoms with Gasteiger partial charge in [0.15, 0.2) is 0 Å². The van der Waals surface area contributed by atoms with Crippen LogP contribution in [0.5, 0.6) is 0 Å². The molecule has 1 heterocycles. The van der Waals surface area contributed by atoms with Crippen LogP contribution < -0.4 is 5.32 Å². The maximum Gasteiger partial charge on any atom is 0.322 e. The van der Waals surface area contributed by atoms with Crippen molar-refractivity contribution < 1.29 is 9.53 Å². The summed E-state index contributed by atoms with van der Waals surface area (Å²) in [5.74, 6) is -0.133. The SMILES string of the molecule is CCCN(CC1CCCN1)C(C)C(=O)OC. The molecule has 0 spiro atoms. The number of esters is 1. The van der Waals surface area contributed by atoms with E-state index in [1.807, 2.05) is 6.92 Å². The molecule has 16 heavy (non-hydrogen) atoms. The van der Waals surface area contributed by atoms with Crippen LogP contribution in [-0.4, -0.2) is 49.7 Å². The maximum atomic E-state index is 11.5. The van der Waals surface area contributed by atoms with E-state index in [0.29, 0.717) is 6.04 Å². The highest BCUT2D eigenvalue weighted by molar-refractivity contribution is 5.75. The summed E-state index contributed by atoms with van der Waals surface area (Å²) in [6.07, 6.45) is 3.53. The van der Waals surface area contributed by atoms with Gasteiger partial charge in [0.05, 0.1) is 7.11 Å².